The fraction of sp³-hybridized carbons (Fsp3) is 0.455. The summed E-state index contributed by atoms with van der Waals surface area (Å²) in [5.41, 5.74) is 0.493. The summed E-state index contributed by atoms with van der Waals surface area (Å²) in [4.78, 5) is 24.1. The van der Waals surface area contributed by atoms with Gasteiger partial charge in [-0.25, -0.2) is 4.79 Å². The minimum Gasteiger partial charge on any atom is -0.462 e. The minimum atomic E-state index is -0.617. The molecule has 3 rings (SSSR count). The molecule has 142 valence electrons. The Morgan fingerprint density at radius 3 is 2.93 bits per heavy atom. The van der Waals surface area contributed by atoms with Crippen molar-refractivity contribution >= 4 is 11.9 Å². The molecule has 1 aliphatic carbocycles. The number of aliphatic hydroxyl groups is 1. The number of hydrogen-bond acceptors (Lipinski definition) is 5. The molecule has 1 N–H and O–H groups in total. The van der Waals surface area contributed by atoms with Gasteiger partial charge in [0.1, 0.15) is 12.2 Å². The maximum Gasteiger partial charge on any atom is 0.338 e. The Morgan fingerprint density at radius 2 is 2.19 bits per heavy atom. The quantitative estimate of drug-likeness (QED) is 0.475. The molecule has 1 heterocycles. The second-order valence-electron chi connectivity index (χ2n) is 6.94. The third kappa shape index (κ3) is 4.78. The lowest BCUT2D eigenvalue weighted by Gasteiger charge is -2.20. The summed E-state index contributed by atoms with van der Waals surface area (Å²) in [5.74, 6) is 4.95. The lowest BCUT2D eigenvalue weighted by molar-refractivity contribution is -0.141. The van der Waals surface area contributed by atoms with E-state index in [0.29, 0.717) is 31.2 Å². The lowest BCUT2D eigenvalue weighted by Crippen LogP contribution is -2.25. The van der Waals surface area contributed by atoms with Crippen LogP contribution in [0.1, 0.15) is 43.0 Å². The van der Waals surface area contributed by atoms with Crippen LogP contribution in [0.3, 0.4) is 0 Å². The van der Waals surface area contributed by atoms with E-state index in [1.54, 1.807) is 37.3 Å². The van der Waals surface area contributed by atoms with Crippen molar-refractivity contribution in [3.63, 3.8) is 0 Å². The summed E-state index contributed by atoms with van der Waals surface area (Å²) >= 11 is 0. The van der Waals surface area contributed by atoms with Gasteiger partial charge in [0.2, 0.25) is 0 Å². The van der Waals surface area contributed by atoms with Gasteiger partial charge in [0, 0.05) is 24.7 Å². The zero-order chi connectivity index (χ0) is 19.2. The smallest absolute Gasteiger partial charge is 0.338 e. The van der Waals surface area contributed by atoms with E-state index in [-0.39, 0.29) is 36.0 Å². The van der Waals surface area contributed by atoms with Crippen LogP contribution in [0.5, 0.6) is 0 Å². The molecule has 5 heteroatoms. The Kier molecular flexibility index (Phi) is 6.31. The van der Waals surface area contributed by atoms with Crippen molar-refractivity contribution in [3.05, 3.63) is 48.0 Å². The topological polar surface area (TPSA) is 72.8 Å². The molecule has 1 aromatic carbocycles. The molecule has 5 nitrogen and oxygen atoms in total. The first kappa shape index (κ1) is 19.2. The van der Waals surface area contributed by atoms with Crippen LogP contribution in [-0.4, -0.2) is 35.4 Å². The second-order valence-corrected chi connectivity index (χ2v) is 6.94. The molecule has 0 aromatic heterocycles. The van der Waals surface area contributed by atoms with Crippen molar-refractivity contribution in [1.82, 2.24) is 0 Å². The number of benzene rings is 1. The Morgan fingerprint density at radius 1 is 1.41 bits per heavy atom. The van der Waals surface area contributed by atoms with Crippen molar-refractivity contribution in [2.24, 2.45) is 11.8 Å². The number of ether oxygens (including phenoxy) is 2. The van der Waals surface area contributed by atoms with Crippen molar-refractivity contribution in [2.45, 2.75) is 50.9 Å². The van der Waals surface area contributed by atoms with Gasteiger partial charge in [-0.2, -0.15) is 0 Å². The maximum absolute atomic E-state index is 12.4. The standard InChI is InChI=1S/C22H24O5/c1-2-3-5-10-16(23)11-12-17-18-13-21(24)26-20(18)14-19(17)27-22(25)15-8-6-4-7-9-15/h4,6-9,11-12,16-20,23H,5,10,13-14H2,1H3/b12-11+/t16-,17+,18+,19+,20-/m0/s1. The third-order valence-corrected chi connectivity index (χ3v) is 5.12. The molecule has 1 saturated carbocycles. The molecule has 2 fully saturated rings. The van der Waals surface area contributed by atoms with Crippen LogP contribution < -0.4 is 0 Å². The Balaban J connectivity index is 1.69. The molecule has 1 aliphatic heterocycles. The Bertz CT molecular complexity index is 758. The van der Waals surface area contributed by atoms with E-state index >= 15 is 0 Å². The van der Waals surface area contributed by atoms with Crippen LogP contribution in [0.2, 0.25) is 0 Å². The van der Waals surface area contributed by atoms with Gasteiger partial charge in [0.05, 0.1) is 18.1 Å². The van der Waals surface area contributed by atoms with Crippen molar-refractivity contribution in [3.8, 4) is 11.8 Å². The predicted octanol–water partition coefficient (Wildman–Crippen LogP) is 2.88. The number of fused-ring (bicyclic) bond motifs is 1. The van der Waals surface area contributed by atoms with Gasteiger partial charge in [-0.1, -0.05) is 30.4 Å². The van der Waals surface area contributed by atoms with E-state index in [4.69, 9.17) is 9.47 Å². The monoisotopic (exact) mass is 368 g/mol. The highest BCUT2D eigenvalue weighted by Crippen LogP contribution is 2.43. The van der Waals surface area contributed by atoms with Crippen molar-refractivity contribution in [1.29, 1.82) is 0 Å². The lowest BCUT2D eigenvalue weighted by atomic mass is 9.91. The highest BCUT2D eigenvalue weighted by atomic mass is 16.6. The Hall–Kier alpha value is -2.58. The van der Waals surface area contributed by atoms with Gasteiger partial charge >= 0.3 is 11.9 Å². The fourth-order valence-electron chi connectivity index (χ4n) is 3.77. The van der Waals surface area contributed by atoms with Crippen LogP contribution in [-0.2, 0) is 14.3 Å². The maximum atomic E-state index is 12.4. The van der Waals surface area contributed by atoms with E-state index in [2.05, 4.69) is 11.8 Å². The Labute approximate surface area is 159 Å². The van der Waals surface area contributed by atoms with Crippen molar-refractivity contribution < 1.29 is 24.2 Å². The average molecular weight is 368 g/mol. The van der Waals surface area contributed by atoms with Gasteiger partial charge in [0.25, 0.3) is 0 Å². The van der Waals surface area contributed by atoms with Gasteiger partial charge in [-0.05, 0) is 25.5 Å². The summed E-state index contributed by atoms with van der Waals surface area (Å²) in [7, 11) is 0. The van der Waals surface area contributed by atoms with E-state index in [9.17, 15) is 14.7 Å². The first-order valence-electron chi connectivity index (χ1n) is 9.30. The zero-order valence-corrected chi connectivity index (χ0v) is 15.3. The summed E-state index contributed by atoms with van der Waals surface area (Å²) in [6, 6.07) is 8.83. The van der Waals surface area contributed by atoms with E-state index in [1.165, 1.54) is 0 Å². The summed E-state index contributed by atoms with van der Waals surface area (Å²) in [6.07, 6.45) is 4.33. The molecule has 1 saturated heterocycles. The van der Waals surface area contributed by atoms with E-state index in [1.807, 2.05) is 12.1 Å². The zero-order valence-electron chi connectivity index (χ0n) is 15.3. The van der Waals surface area contributed by atoms with Crippen LogP contribution in [0, 0.1) is 23.7 Å². The molecule has 0 spiro atoms. The second kappa shape index (κ2) is 8.88. The van der Waals surface area contributed by atoms with Crippen LogP contribution >= 0.6 is 0 Å². The normalized spacial score (nSPS) is 27.6. The molecule has 1 aromatic rings. The van der Waals surface area contributed by atoms with Crippen LogP contribution in [0.25, 0.3) is 0 Å². The summed E-state index contributed by atoms with van der Waals surface area (Å²) in [6.45, 7) is 1.77. The SMILES string of the molecule is CC#CCC[C@H](O)/C=C/[C@@H]1[C@H]2CC(=O)O[C@H]2C[C@H]1OC(=O)c1ccccc1. The highest BCUT2D eigenvalue weighted by molar-refractivity contribution is 5.89. The number of carbonyl (C=O) groups is 2. The molecule has 2 aliphatic rings. The van der Waals surface area contributed by atoms with Crippen LogP contribution in [0.15, 0.2) is 42.5 Å². The van der Waals surface area contributed by atoms with Gasteiger partial charge < -0.3 is 14.6 Å². The summed E-state index contributed by atoms with van der Waals surface area (Å²) in [5, 5.41) is 10.1. The predicted molar refractivity (Wildman–Crippen MR) is 99.6 cm³/mol. The minimum absolute atomic E-state index is 0.0232. The molecular formula is C22H24O5. The average Bonchev–Trinajstić information content (AvgIpc) is 3.16. The molecule has 0 radical (unpaired) electrons. The first-order valence-corrected chi connectivity index (χ1v) is 9.30. The first-order chi connectivity index (χ1) is 13.1. The molecule has 0 bridgehead atoms. The number of hydrogen-bond donors (Lipinski definition) is 1. The van der Waals surface area contributed by atoms with E-state index < -0.39 is 6.10 Å². The fourth-order valence-corrected chi connectivity index (χ4v) is 3.77. The number of aliphatic hydroxyl groups excluding tert-OH is 1. The van der Waals surface area contributed by atoms with Gasteiger partial charge in [-0.15, -0.1) is 11.8 Å². The van der Waals surface area contributed by atoms with Gasteiger partial charge in [-0.3, -0.25) is 4.79 Å². The third-order valence-electron chi connectivity index (χ3n) is 5.12. The number of rotatable bonds is 6. The number of esters is 2. The largest absolute Gasteiger partial charge is 0.462 e. The van der Waals surface area contributed by atoms with Gasteiger partial charge in [0.15, 0.2) is 0 Å². The van der Waals surface area contributed by atoms with Crippen LogP contribution in [0.4, 0.5) is 0 Å². The molecule has 0 amide bonds. The van der Waals surface area contributed by atoms with Crippen molar-refractivity contribution in [2.75, 3.05) is 0 Å². The highest BCUT2D eigenvalue weighted by Gasteiger charge is 2.50. The summed E-state index contributed by atoms with van der Waals surface area (Å²) < 4.78 is 11.1. The molecule has 0 unspecified atom stereocenters. The molecule has 5 atom stereocenters. The molecular weight excluding hydrogens is 344 g/mol. The number of carbonyl (C=O) groups excluding carboxylic acids is 2. The molecule has 27 heavy (non-hydrogen) atoms. The van der Waals surface area contributed by atoms with E-state index in [0.717, 1.165) is 0 Å².